The van der Waals surface area contributed by atoms with E-state index in [0.717, 1.165) is 54.5 Å². The van der Waals surface area contributed by atoms with Gasteiger partial charge in [0, 0.05) is 44.4 Å². The second kappa shape index (κ2) is 6.50. The summed E-state index contributed by atoms with van der Waals surface area (Å²) in [5, 5.41) is 3.16. The third-order valence-electron chi connectivity index (χ3n) is 3.47. The van der Waals surface area contributed by atoms with Gasteiger partial charge in [0.15, 0.2) is 0 Å². The highest BCUT2D eigenvalue weighted by molar-refractivity contribution is 5.46. The van der Waals surface area contributed by atoms with Crippen molar-refractivity contribution >= 4 is 5.82 Å². The Hall–Kier alpha value is -1.91. The molecule has 0 saturated carbocycles. The molecular formula is C15H23N5. The number of imidazole rings is 1. The molecule has 0 aliphatic heterocycles. The fraction of sp³-hybridized carbons (Fsp3) is 0.533. The summed E-state index contributed by atoms with van der Waals surface area (Å²) < 4.78 is 2.15. The van der Waals surface area contributed by atoms with Crippen LogP contribution in [0.4, 0.5) is 5.82 Å². The van der Waals surface area contributed by atoms with Crippen molar-refractivity contribution in [2.75, 3.05) is 12.4 Å². The van der Waals surface area contributed by atoms with Gasteiger partial charge in [-0.15, -0.1) is 0 Å². The normalized spacial score (nSPS) is 10.8. The average Bonchev–Trinajstić information content (AvgIpc) is 2.89. The van der Waals surface area contributed by atoms with Crippen LogP contribution in [-0.4, -0.2) is 26.6 Å². The van der Waals surface area contributed by atoms with Crippen molar-refractivity contribution in [2.45, 2.75) is 46.6 Å². The van der Waals surface area contributed by atoms with Crippen molar-refractivity contribution in [3.63, 3.8) is 0 Å². The van der Waals surface area contributed by atoms with E-state index in [-0.39, 0.29) is 0 Å². The largest absolute Gasteiger partial charge is 0.373 e. The zero-order valence-corrected chi connectivity index (χ0v) is 12.8. The van der Waals surface area contributed by atoms with Crippen LogP contribution in [0.5, 0.6) is 0 Å². The second-order valence-electron chi connectivity index (χ2n) is 4.87. The van der Waals surface area contributed by atoms with E-state index >= 15 is 0 Å². The SMILES string of the molecule is CCCc1nc(Cc2nccn2CC)c(C)c(NC)n1. The van der Waals surface area contributed by atoms with Crippen molar-refractivity contribution in [3.05, 3.63) is 35.3 Å². The van der Waals surface area contributed by atoms with Gasteiger partial charge in [-0.2, -0.15) is 0 Å². The van der Waals surface area contributed by atoms with Crippen molar-refractivity contribution < 1.29 is 0 Å². The number of rotatable bonds is 6. The lowest BCUT2D eigenvalue weighted by Gasteiger charge is -2.12. The third kappa shape index (κ3) is 2.98. The zero-order chi connectivity index (χ0) is 14.5. The van der Waals surface area contributed by atoms with E-state index in [0.29, 0.717) is 0 Å². The molecule has 2 aromatic heterocycles. The van der Waals surface area contributed by atoms with Crippen LogP contribution in [0.1, 0.15) is 43.2 Å². The number of nitrogens with one attached hydrogen (secondary N) is 1. The molecule has 108 valence electrons. The molecule has 0 unspecified atom stereocenters. The van der Waals surface area contributed by atoms with E-state index in [2.05, 4.69) is 40.6 Å². The van der Waals surface area contributed by atoms with E-state index in [1.165, 1.54) is 0 Å². The standard InChI is InChI=1S/C15H23N5/c1-5-7-13-18-12(11(3)15(16-4)19-13)10-14-17-8-9-20(14)6-2/h8-9H,5-7,10H2,1-4H3,(H,16,18,19). The van der Waals surface area contributed by atoms with Gasteiger partial charge in [-0.05, 0) is 20.3 Å². The molecule has 0 aromatic carbocycles. The smallest absolute Gasteiger partial charge is 0.132 e. The summed E-state index contributed by atoms with van der Waals surface area (Å²) in [4.78, 5) is 13.7. The van der Waals surface area contributed by atoms with Crippen LogP contribution in [0.2, 0.25) is 0 Å². The molecule has 5 nitrogen and oxygen atoms in total. The van der Waals surface area contributed by atoms with Crippen LogP contribution < -0.4 is 5.32 Å². The average molecular weight is 273 g/mol. The predicted molar refractivity (Wildman–Crippen MR) is 81.0 cm³/mol. The lowest BCUT2D eigenvalue weighted by molar-refractivity contribution is 0.703. The number of anilines is 1. The molecule has 2 heterocycles. The van der Waals surface area contributed by atoms with Crippen LogP contribution in [0.3, 0.4) is 0 Å². The zero-order valence-electron chi connectivity index (χ0n) is 12.8. The highest BCUT2D eigenvalue weighted by Crippen LogP contribution is 2.18. The molecule has 1 N–H and O–H groups in total. The van der Waals surface area contributed by atoms with Gasteiger partial charge in [-0.25, -0.2) is 15.0 Å². The fourth-order valence-corrected chi connectivity index (χ4v) is 2.31. The highest BCUT2D eigenvalue weighted by Gasteiger charge is 2.12. The Morgan fingerprint density at radius 1 is 1.25 bits per heavy atom. The molecule has 0 fully saturated rings. The Morgan fingerprint density at radius 3 is 2.70 bits per heavy atom. The number of aromatic nitrogens is 4. The number of hydrogen-bond acceptors (Lipinski definition) is 4. The molecule has 0 bridgehead atoms. The van der Waals surface area contributed by atoms with E-state index < -0.39 is 0 Å². The van der Waals surface area contributed by atoms with E-state index in [9.17, 15) is 0 Å². The molecule has 0 spiro atoms. The number of hydrogen-bond donors (Lipinski definition) is 1. The molecule has 0 saturated heterocycles. The van der Waals surface area contributed by atoms with Crippen LogP contribution in [0.25, 0.3) is 0 Å². The van der Waals surface area contributed by atoms with Crippen LogP contribution in [-0.2, 0) is 19.4 Å². The molecule has 0 amide bonds. The summed E-state index contributed by atoms with van der Waals surface area (Å²) in [7, 11) is 1.90. The molecule has 20 heavy (non-hydrogen) atoms. The van der Waals surface area contributed by atoms with Gasteiger partial charge in [-0.3, -0.25) is 0 Å². The fourth-order valence-electron chi connectivity index (χ4n) is 2.31. The summed E-state index contributed by atoms with van der Waals surface area (Å²) in [5.74, 6) is 2.89. The second-order valence-corrected chi connectivity index (χ2v) is 4.87. The van der Waals surface area contributed by atoms with Gasteiger partial charge in [0.05, 0.1) is 5.69 Å². The van der Waals surface area contributed by atoms with E-state index in [1.54, 1.807) is 0 Å². The molecule has 0 aliphatic rings. The number of aryl methyl sites for hydroxylation is 2. The summed E-state index contributed by atoms with van der Waals surface area (Å²) in [6.45, 7) is 7.27. The number of nitrogens with zero attached hydrogens (tertiary/aromatic N) is 4. The van der Waals surface area contributed by atoms with Crippen LogP contribution in [0, 0.1) is 6.92 Å². The molecule has 0 radical (unpaired) electrons. The maximum atomic E-state index is 4.72. The Balaban J connectivity index is 2.37. The summed E-state index contributed by atoms with van der Waals surface area (Å²) >= 11 is 0. The first-order chi connectivity index (χ1) is 9.69. The molecule has 2 rings (SSSR count). The van der Waals surface area contributed by atoms with Gasteiger partial charge >= 0.3 is 0 Å². The monoisotopic (exact) mass is 273 g/mol. The molecular weight excluding hydrogens is 250 g/mol. The summed E-state index contributed by atoms with van der Waals surface area (Å²) in [5.41, 5.74) is 2.17. The van der Waals surface area contributed by atoms with E-state index in [1.807, 2.05) is 19.4 Å². The van der Waals surface area contributed by atoms with Crippen molar-refractivity contribution in [3.8, 4) is 0 Å². The quantitative estimate of drug-likeness (QED) is 0.879. The van der Waals surface area contributed by atoms with Crippen LogP contribution in [0.15, 0.2) is 12.4 Å². The van der Waals surface area contributed by atoms with Gasteiger partial charge in [0.1, 0.15) is 17.5 Å². The minimum atomic E-state index is 0.751. The van der Waals surface area contributed by atoms with Gasteiger partial charge < -0.3 is 9.88 Å². The maximum absolute atomic E-state index is 4.72. The summed E-state index contributed by atoms with van der Waals surface area (Å²) in [6.07, 6.45) is 6.57. The van der Waals surface area contributed by atoms with Gasteiger partial charge in [0.2, 0.25) is 0 Å². The Kier molecular flexibility index (Phi) is 4.71. The minimum absolute atomic E-state index is 0.751. The predicted octanol–water partition coefficient (Wildman–Crippen LogP) is 2.59. The lowest BCUT2D eigenvalue weighted by Crippen LogP contribution is -2.10. The third-order valence-corrected chi connectivity index (χ3v) is 3.47. The molecule has 0 atom stereocenters. The Labute approximate surface area is 120 Å². The first kappa shape index (κ1) is 14.5. The Morgan fingerprint density at radius 2 is 2.05 bits per heavy atom. The topological polar surface area (TPSA) is 55.6 Å². The molecule has 5 heteroatoms. The van der Waals surface area contributed by atoms with Crippen molar-refractivity contribution in [2.24, 2.45) is 0 Å². The minimum Gasteiger partial charge on any atom is -0.373 e. The lowest BCUT2D eigenvalue weighted by atomic mass is 10.1. The summed E-state index contributed by atoms with van der Waals surface area (Å²) in [6, 6.07) is 0. The first-order valence-corrected chi connectivity index (χ1v) is 7.23. The molecule has 2 aromatic rings. The van der Waals surface area contributed by atoms with Crippen molar-refractivity contribution in [1.82, 2.24) is 19.5 Å². The Bertz CT molecular complexity index is 574. The molecule has 0 aliphatic carbocycles. The highest BCUT2D eigenvalue weighted by atomic mass is 15.1. The van der Waals surface area contributed by atoms with Crippen LogP contribution >= 0.6 is 0 Å². The first-order valence-electron chi connectivity index (χ1n) is 7.23. The van der Waals surface area contributed by atoms with Gasteiger partial charge in [0.25, 0.3) is 0 Å². The van der Waals surface area contributed by atoms with E-state index in [4.69, 9.17) is 4.98 Å². The van der Waals surface area contributed by atoms with Gasteiger partial charge in [-0.1, -0.05) is 6.92 Å². The maximum Gasteiger partial charge on any atom is 0.132 e. The van der Waals surface area contributed by atoms with Crippen molar-refractivity contribution in [1.29, 1.82) is 0 Å².